The van der Waals surface area contributed by atoms with Gasteiger partial charge in [0.1, 0.15) is 0 Å². The third kappa shape index (κ3) is 8.30. The Bertz CT molecular complexity index is 722. The molecular weight excluding hydrogens is 521 g/mol. The summed E-state index contributed by atoms with van der Waals surface area (Å²) >= 11 is 0. The number of amides is 1. The third-order valence-corrected chi connectivity index (χ3v) is 5.03. The highest BCUT2D eigenvalue weighted by molar-refractivity contribution is 14.0. The molecule has 1 atom stereocenters. The normalized spacial score (nSPS) is 15.0. The number of alkyl halides is 2. The lowest BCUT2D eigenvalue weighted by atomic mass is 10.1. The van der Waals surface area contributed by atoms with Gasteiger partial charge >= 0.3 is 6.61 Å². The Morgan fingerprint density at radius 2 is 2.06 bits per heavy atom. The number of carbonyl (C=O) groups excluding carboxylic acids is 1. The topological polar surface area (TPSA) is 75.2 Å². The van der Waals surface area contributed by atoms with Crippen LogP contribution in [-0.2, 0) is 11.3 Å². The van der Waals surface area contributed by atoms with Crippen molar-refractivity contribution in [3.8, 4) is 11.5 Å². The van der Waals surface area contributed by atoms with Crippen LogP contribution in [0.1, 0.15) is 45.1 Å². The molecule has 1 aliphatic rings. The summed E-state index contributed by atoms with van der Waals surface area (Å²) in [7, 11) is 1.64. The van der Waals surface area contributed by atoms with Gasteiger partial charge < -0.3 is 25.0 Å². The first kappa shape index (κ1) is 27.2. The molecule has 0 spiro atoms. The molecule has 0 bridgehead atoms. The fourth-order valence-corrected chi connectivity index (χ4v) is 3.58. The smallest absolute Gasteiger partial charge is 0.387 e. The van der Waals surface area contributed by atoms with E-state index in [-0.39, 0.29) is 54.0 Å². The zero-order valence-electron chi connectivity index (χ0n) is 18.3. The summed E-state index contributed by atoms with van der Waals surface area (Å²) in [6.45, 7) is 2.97. The summed E-state index contributed by atoms with van der Waals surface area (Å²) in [5, 5.41) is 6.34. The van der Waals surface area contributed by atoms with Crippen LogP contribution >= 0.6 is 24.0 Å². The molecular formula is C21H33F2IN4O3. The number of carbonyl (C=O) groups is 1. The summed E-state index contributed by atoms with van der Waals surface area (Å²) in [4.78, 5) is 18.1. The lowest BCUT2D eigenvalue weighted by molar-refractivity contribution is -0.129. The molecule has 176 valence electrons. The molecule has 0 aromatic heterocycles. The number of hydrogen-bond donors (Lipinski definition) is 2. The molecule has 2 rings (SSSR count). The number of halogens is 3. The van der Waals surface area contributed by atoms with Crippen LogP contribution < -0.4 is 20.1 Å². The van der Waals surface area contributed by atoms with Gasteiger partial charge in [-0.2, -0.15) is 8.78 Å². The predicted octanol–water partition coefficient (Wildman–Crippen LogP) is 3.76. The first-order chi connectivity index (χ1) is 14.5. The number of aliphatic imine (C=N–C) groups is 1. The van der Waals surface area contributed by atoms with Crippen LogP contribution in [0.4, 0.5) is 8.78 Å². The maximum Gasteiger partial charge on any atom is 0.387 e. The molecule has 0 aliphatic carbocycles. The van der Waals surface area contributed by atoms with Crippen molar-refractivity contribution in [2.75, 3.05) is 26.7 Å². The minimum absolute atomic E-state index is 0. The average molecular weight is 554 g/mol. The quantitative estimate of drug-likeness (QED) is 0.248. The molecule has 1 unspecified atom stereocenters. The van der Waals surface area contributed by atoms with Crippen LogP contribution in [0.5, 0.6) is 11.5 Å². The fraction of sp³-hybridized carbons (Fsp3) is 0.619. The van der Waals surface area contributed by atoms with Crippen LogP contribution in [0.15, 0.2) is 23.2 Å². The van der Waals surface area contributed by atoms with E-state index in [2.05, 4.69) is 22.5 Å². The molecule has 2 N–H and O–H groups in total. The van der Waals surface area contributed by atoms with Crippen molar-refractivity contribution in [2.45, 2.75) is 58.7 Å². The molecule has 7 nitrogen and oxygen atoms in total. The van der Waals surface area contributed by atoms with Crippen molar-refractivity contribution in [3.05, 3.63) is 23.8 Å². The first-order valence-corrected chi connectivity index (χ1v) is 10.4. The van der Waals surface area contributed by atoms with Gasteiger partial charge in [-0.05, 0) is 32.3 Å². The fourth-order valence-electron chi connectivity index (χ4n) is 3.58. The third-order valence-electron chi connectivity index (χ3n) is 5.03. The molecule has 10 heteroatoms. The molecule has 1 saturated heterocycles. The SMILES string of the molecule is CCOc1cccc(CNC(=NC)NCCC(CC)N2CCCC2=O)c1OC(F)F.I. The van der Waals surface area contributed by atoms with E-state index in [4.69, 9.17) is 9.47 Å². The largest absolute Gasteiger partial charge is 0.490 e. The van der Waals surface area contributed by atoms with Gasteiger partial charge in [0.2, 0.25) is 5.91 Å². The van der Waals surface area contributed by atoms with E-state index in [1.807, 2.05) is 4.90 Å². The van der Waals surface area contributed by atoms with Gasteiger partial charge in [0.05, 0.1) is 6.61 Å². The van der Waals surface area contributed by atoms with Crippen molar-refractivity contribution in [1.29, 1.82) is 0 Å². The van der Waals surface area contributed by atoms with E-state index in [9.17, 15) is 13.6 Å². The van der Waals surface area contributed by atoms with Crippen molar-refractivity contribution in [2.24, 2.45) is 4.99 Å². The second-order valence-corrected chi connectivity index (χ2v) is 6.95. The van der Waals surface area contributed by atoms with Crippen LogP contribution in [-0.4, -0.2) is 56.2 Å². The van der Waals surface area contributed by atoms with Crippen molar-refractivity contribution < 1.29 is 23.0 Å². The van der Waals surface area contributed by atoms with E-state index in [1.54, 1.807) is 32.2 Å². The van der Waals surface area contributed by atoms with Gasteiger partial charge in [0, 0.05) is 44.7 Å². The number of nitrogens with zero attached hydrogens (tertiary/aromatic N) is 2. The van der Waals surface area contributed by atoms with E-state index in [0.29, 0.717) is 31.1 Å². The van der Waals surface area contributed by atoms with Gasteiger partial charge in [0.25, 0.3) is 0 Å². The molecule has 1 fully saturated rings. The Morgan fingerprint density at radius 1 is 1.29 bits per heavy atom. The zero-order chi connectivity index (χ0) is 21.9. The lowest BCUT2D eigenvalue weighted by Gasteiger charge is -2.27. The average Bonchev–Trinajstić information content (AvgIpc) is 3.15. The molecule has 1 amide bonds. The zero-order valence-corrected chi connectivity index (χ0v) is 20.7. The van der Waals surface area contributed by atoms with Crippen molar-refractivity contribution in [3.63, 3.8) is 0 Å². The van der Waals surface area contributed by atoms with E-state index in [1.165, 1.54) is 0 Å². The van der Waals surface area contributed by atoms with Gasteiger partial charge in [-0.3, -0.25) is 9.79 Å². The van der Waals surface area contributed by atoms with Gasteiger partial charge in [-0.25, -0.2) is 0 Å². The number of rotatable bonds is 11. The number of para-hydroxylation sites is 1. The minimum atomic E-state index is -2.94. The van der Waals surface area contributed by atoms with Gasteiger partial charge in [0.15, 0.2) is 17.5 Å². The number of likely N-dealkylation sites (tertiary alicyclic amines) is 1. The molecule has 1 heterocycles. The first-order valence-electron chi connectivity index (χ1n) is 10.4. The Labute approximate surface area is 200 Å². The Kier molecular flexibility index (Phi) is 12.5. The van der Waals surface area contributed by atoms with Crippen LogP contribution in [0.3, 0.4) is 0 Å². The van der Waals surface area contributed by atoms with Crippen LogP contribution in [0.25, 0.3) is 0 Å². The summed E-state index contributed by atoms with van der Waals surface area (Å²) in [6, 6.07) is 5.24. The van der Waals surface area contributed by atoms with E-state index in [0.717, 1.165) is 25.8 Å². The van der Waals surface area contributed by atoms with Crippen LogP contribution in [0.2, 0.25) is 0 Å². The van der Waals surface area contributed by atoms with Crippen molar-refractivity contribution >= 4 is 35.8 Å². The Hall–Kier alpha value is -1.85. The lowest BCUT2D eigenvalue weighted by Crippen LogP contribution is -2.41. The second-order valence-electron chi connectivity index (χ2n) is 6.95. The monoisotopic (exact) mass is 554 g/mol. The van der Waals surface area contributed by atoms with E-state index < -0.39 is 6.61 Å². The highest BCUT2D eigenvalue weighted by Gasteiger charge is 2.26. The Balaban J connectivity index is 0.00000480. The summed E-state index contributed by atoms with van der Waals surface area (Å²) in [6.07, 6.45) is 3.27. The van der Waals surface area contributed by atoms with E-state index >= 15 is 0 Å². The number of benzene rings is 1. The predicted molar refractivity (Wildman–Crippen MR) is 128 cm³/mol. The number of nitrogens with one attached hydrogen (secondary N) is 2. The Morgan fingerprint density at radius 3 is 2.65 bits per heavy atom. The highest BCUT2D eigenvalue weighted by atomic mass is 127. The number of ether oxygens (including phenoxy) is 2. The molecule has 0 radical (unpaired) electrons. The molecule has 0 saturated carbocycles. The second kappa shape index (κ2) is 14.3. The molecule has 1 aromatic rings. The van der Waals surface area contributed by atoms with Crippen LogP contribution in [0, 0.1) is 0 Å². The summed E-state index contributed by atoms with van der Waals surface area (Å²) < 4.78 is 35.8. The van der Waals surface area contributed by atoms with Gasteiger partial charge in [-0.15, -0.1) is 24.0 Å². The van der Waals surface area contributed by atoms with Gasteiger partial charge in [-0.1, -0.05) is 19.1 Å². The molecule has 1 aliphatic heterocycles. The number of guanidine groups is 1. The minimum Gasteiger partial charge on any atom is -0.490 e. The molecule has 31 heavy (non-hydrogen) atoms. The standard InChI is InChI=1S/C21H32F2N4O3.HI/c1-4-16(27-13-7-10-18(27)28)11-12-25-21(24-3)26-14-15-8-6-9-17(29-5-2)19(15)30-20(22)23;/h6,8-9,16,20H,4-5,7,10-14H2,1-3H3,(H2,24,25,26);1H. The highest BCUT2D eigenvalue weighted by Crippen LogP contribution is 2.32. The maximum absolute atomic E-state index is 12.9. The molecule has 1 aromatic carbocycles. The summed E-state index contributed by atoms with van der Waals surface area (Å²) in [5.41, 5.74) is 0.540. The maximum atomic E-state index is 12.9. The van der Waals surface area contributed by atoms with Crippen molar-refractivity contribution in [1.82, 2.24) is 15.5 Å². The number of hydrogen-bond acceptors (Lipinski definition) is 4. The summed E-state index contributed by atoms with van der Waals surface area (Å²) in [5.74, 6) is 1.07.